The standard InChI is InChI=1S/C13H7ClN2O3/c14-10-5-8(6-15)1-3-11(10)16-7-9(13(18)19)2-4-12(16)17/h1-5,7H,(H,18,19). The second kappa shape index (κ2) is 4.96. The van der Waals surface area contributed by atoms with Crippen LogP contribution in [0.4, 0.5) is 0 Å². The van der Waals surface area contributed by atoms with E-state index in [4.69, 9.17) is 22.0 Å². The maximum Gasteiger partial charge on any atom is 0.337 e. The van der Waals surface area contributed by atoms with Gasteiger partial charge in [-0.1, -0.05) is 11.6 Å². The largest absolute Gasteiger partial charge is 0.478 e. The monoisotopic (exact) mass is 274 g/mol. The maximum atomic E-state index is 11.7. The van der Waals surface area contributed by atoms with E-state index in [-0.39, 0.29) is 10.6 Å². The molecule has 1 aromatic carbocycles. The number of aromatic nitrogens is 1. The van der Waals surface area contributed by atoms with E-state index in [2.05, 4.69) is 0 Å². The number of pyridine rings is 1. The van der Waals surface area contributed by atoms with Gasteiger partial charge in [-0.15, -0.1) is 0 Å². The van der Waals surface area contributed by atoms with Crippen molar-refractivity contribution in [2.24, 2.45) is 0 Å². The fourth-order valence-electron chi connectivity index (χ4n) is 1.57. The molecule has 1 heterocycles. The molecule has 1 aromatic heterocycles. The van der Waals surface area contributed by atoms with Crippen LogP contribution in [0.5, 0.6) is 0 Å². The molecule has 0 fully saturated rings. The minimum absolute atomic E-state index is 0.0278. The molecule has 0 aliphatic carbocycles. The summed E-state index contributed by atoms with van der Waals surface area (Å²) in [4.78, 5) is 22.6. The Morgan fingerprint density at radius 3 is 2.63 bits per heavy atom. The molecule has 0 radical (unpaired) electrons. The first-order valence-electron chi connectivity index (χ1n) is 5.19. The Kier molecular flexibility index (Phi) is 3.36. The number of benzene rings is 1. The first-order chi connectivity index (χ1) is 9.02. The van der Waals surface area contributed by atoms with Gasteiger partial charge in [0.05, 0.1) is 27.9 Å². The first-order valence-corrected chi connectivity index (χ1v) is 5.57. The minimum Gasteiger partial charge on any atom is -0.478 e. The van der Waals surface area contributed by atoms with Gasteiger partial charge in [-0.2, -0.15) is 5.26 Å². The van der Waals surface area contributed by atoms with E-state index in [9.17, 15) is 9.59 Å². The van der Waals surface area contributed by atoms with Gasteiger partial charge in [-0.05, 0) is 24.3 Å². The van der Waals surface area contributed by atoms with E-state index >= 15 is 0 Å². The average Bonchev–Trinajstić information content (AvgIpc) is 2.39. The number of nitriles is 1. The van der Waals surface area contributed by atoms with Crippen molar-refractivity contribution in [3.63, 3.8) is 0 Å². The van der Waals surface area contributed by atoms with Crippen LogP contribution in [0.25, 0.3) is 5.69 Å². The molecule has 0 unspecified atom stereocenters. The molecule has 1 N–H and O–H groups in total. The topological polar surface area (TPSA) is 83.1 Å². The van der Waals surface area contributed by atoms with Gasteiger partial charge in [0.2, 0.25) is 0 Å². The van der Waals surface area contributed by atoms with Crippen LogP contribution in [0.2, 0.25) is 5.02 Å². The molecule has 0 spiro atoms. The average molecular weight is 275 g/mol. The second-order valence-electron chi connectivity index (χ2n) is 3.71. The number of halogens is 1. The van der Waals surface area contributed by atoms with Crippen molar-refractivity contribution in [1.82, 2.24) is 4.57 Å². The van der Waals surface area contributed by atoms with E-state index in [0.717, 1.165) is 10.6 Å². The molecule has 0 aliphatic heterocycles. The van der Waals surface area contributed by atoms with Gasteiger partial charge >= 0.3 is 5.97 Å². The Morgan fingerprint density at radius 1 is 1.32 bits per heavy atom. The summed E-state index contributed by atoms with van der Waals surface area (Å²) in [6, 6.07) is 8.70. The lowest BCUT2D eigenvalue weighted by molar-refractivity contribution is 0.0696. The molecule has 6 heteroatoms. The van der Waals surface area contributed by atoms with Gasteiger partial charge < -0.3 is 5.11 Å². The van der Waals surface area contributed by atoms with Crippen LogP contribution < -0.4 is 5.56 Å². The summed E-state index contributed by atoms with van der Waals surface area (Å²) in [5, 5.41) is 17.8. The summed E-state index contributed by atoms with van der Waals surface area (Å²) in [6.45, 7) is 0. The highest BCUT2D eigenvalue weighted by Gasteiger charge is 2.09. The smallest absolute Gasteiger partial charge is 0.337 e. The predicted molar refractivity (Wildman–Crippen MR) is 68.7 cm³/mol. The minimum atomic E-state index is -1.14. The van der Waals surface area contributed by atoms with Crippen LogP contribution in [0.3, 0.4) is 0 Å². The molecule has 19 heavy (non-hydrogen) atoms. The van der Waals surface area contributed by atoms with Crippen molar-refractivity contribution in [1.29, 1.82) is 5.26 Å². The number of carbonyl (C=O) groups is 1. The summed E-state index contributed by atoms with van der Waals surface area (Å²) in [5.41, 5.74) is 0.251. The molecular weight excluding hydrogens is 268 g/mol. The molecule has 5 nitrogen and oxygen atoms in total. The zero-order valence-corrected chi connectivity index (χ0v) is 10.3. The van der Waals surface area contributed by atoms with Crippen LogP contribution in [-0.4, -0.2) is 15.6 Å². The number of hydrogen-bond acceptors (Lipinski definition) is 3. The number of hydrogen-bond donors (Lipinski definition) is 1. The Balaban J connectivity index is 2.65. The number of carboxylic acid groups (broad SMARTS) is 1. The number of aromatic carboxylic acids is 1. The van der Waals surface area contributed by atoms with E-state index < -0.39 is 11.5 Å². The van der Waals surface area contributed by atoms with Crippen LogP contribution in [-0.2, 0) is 0 Å². The number of nitrogens with zero attached hydrogens (tertiary/aromatic N) is 2. The summed E-state index contributed by atoms with van der Waals surface area (Å²) in [6.07, 6.45) is 1.19. The molecule has 0 atom stereocenters. The van der Waals surface area contributed by atoms with Crippen LogP contribution in [0, 0.1) is 11.3 Å². The molecule has 0 aliphatic rings. The van der Waals surface area contributed by atoms with E-state index in [1.807, 2.05) is 6.07 Å². The Hall–Kier alpha value is -2.58. The van der Waals surface area contributed by atoms with Crippen molar-refractivity contribution >= 4 is 17.6 Å². The van der Waals surface area contributed by atoms with Gasteiger partial charge in [-0.25, -0.2) is 4.79 Å². The van der Waals surface area contributed by atoms with E-state index in [0.29, 0.717) is 11.3 Å². The lowest BCUT2D eigenvalue weighted by atomic mass is 10.2. The highest BCUT2D eigenvalue weighted by molar-refractivity contribution is 6.32. The Morgan fingerprint density at radius 2 is 2.05 bits per heavy atom. The van der Waals surface area contributed by atoms with Gasteiger partial charge in [0, 0.05) is 12.3 Å². The van der Waals surface area contributed by atoms with Gasteiger partial charge in [0.15, 0.2) is 0 Å². The van der Waals surface area contributed by atoms with Gasteiger partial charge in [0.25, 0.3) is 5.56 Å². The predicted octanol–water partition coefficient (Wildman–Crippen LogP) is 2.06. The Labute approximate surface area is 112 Å². The molecule has 2 aromatic rings. The molecular formula is C13H7ClN2O3. The highest BCUT2D eigenvalue weighted by Crippen LogP contribution is 2.20. The van der Waals surface area contributed by atoms with Crippen LogP contribution in [0.15, 0.2) is 41.3 Å². The van der Waals surface area contributed by atoms with Crippen molar-refractivity contribution in [3.8, 4) is 11.8 Å². The summed E-state index contributed by atoms with van der Waals surface area (Å²) in [7, 11) is 0. The second-order valence-corrected chi connectivity index (χ2v) is 4.12. The fourth-order valence-corrected chi connectivity index (χ4v) is 1.85. The molecule has 0 amide bonds. The normalized spacial score (nSPS) is 9.89. The third kappa shape index (κ3) is 2.49. The molecule has 94 valence electrons. The fraction of sp³-hybridized carbons (Fsp3) is 0. The summed E-state index contributed by atoms with van der Waals surface area (Å²) in [5.74, 6) is -1.14. The van der Waals surface area contributed by atoms with Gasteiger partial charge in [0.1, 0.15) is 0 Å². The number of rotatable bonds is 2. The number of carboxylic acids is 1. The van der Waals surface area contributed by atoms with E-state index in [1.165, 1.54) is 30.5 Å². The third-order valence-electron chi connectivity index (χ3n) is 2.49. The zero-order valence-electron chi connectivity index (χ0n) is 9.50. The molecule has 0 saturated carbocycles. The highest BCUT2D eigenvalue weighted by atomic mass is 35.5. The molecule has 2 rings (SSSR count). The van der Waals surface area contributed by atoms with E-state index in [1.54, 1.807) is 0 Å². The van der Waals surface area contributed by atoms with Crippen LogP contribution in [0.1, 0.15) is 15.9 Å². The Bertz CT molecular complexity index is 759. The van der Waals surface area contributed by atoms with Crippen molar-refractivity contribution < 1.29 is 9.90 Å². The van der Waals surface area contributed by atoms with Crippen molar-refractivity contribution in [3.05, 3.63) is 63.0 Å². The lowest BCUT2D eigenvalue weighted by Gasteiger charge is -2.08. The van der Waals surface area contributed by atoms with Gasteiger partial charge in [-0.3, -0.25) is 9.36 Å². The van der Waals surface area contributed by atoms with Crippen LogP contribution >= 0.6 is 11.6 Å². The zero-order chi connectivity index (χ0) is 14.0. The SMILES string of the molecule is N#Cc1ccc(-n2cc(C(=O)O)ccc2=O)c(Cl)c1. The third-order valence-corrected chi connectivity index (χ3v) is 2.80. The van der Waals surface area contributed by atoms with Crippen molar-refractivity contribution in [2.75, 3.05) is 0 Å². The quantitative estimate of drug-likeness (QED) is 0.908. The lowest BCUT2D eigenvalue weighted by Crippen LogP contribution is -2.18. The summed E-state index contributed by atoms with van der Waals surface area (Å²) < 4.78 is 1.13. The maximum absolute atomic E-state index is 11.7. The first kappa shape index (κ1) is 12.9. The molecule has 0 bridgehead atoms. The van der Waals surface area contributed by atoms with Crippen molar-refractivity contribution in [2.45, 2.75) is 0 Å². The molecule has 0 saturated heterocycles. The summed E-state index contributed by atoms with van der Waals surface area (Å²) >= 11 is 5.99.